The van der Waals surface area contributed by atoms with Gasteiger partial charge in [-0.15, -0.1) is 5.54 Å². The molecule has 4 aromatic rings. The first kappa shape index (κ1) is 46.3. The highest BCUT2D eigenvalue weighted by molar-refractivity contribution is 6.90. The normalized spacial score (nSPS) is 22.5. The number of carbonyl (C=O) groups is 1. The zero-order chi connectivity index (χ0) is 45.9. The molecular weight excluding hydrogens is 852 g/mol. The van der Waals surface area contributed by atoms with Crippen LogP contribution in [-0.4, -0.2) is 110 Å². The second kappa shape index (κ2) is 17.9. The van der Waals surface area contributed by atoms with Gasteiger partial charge in [-0.2, -0.15) is 9.97 Å². The fourth-order valence-corrected chi connectivity index (χ4v) is 17.1. The number of fused-ring (bicyclic) bond motifs is 5. The minimum atomic E-state index is -2.16. The number of amides is 1. The summed E-state index contributed by atoms with van der Waals surface area (Å²) in [5, 5.41) is 2.15. The van der Waals surface area contributed by atoms with Gasteiger partial charge < -0.3 is 23.8 Å². The van der Waals surface area contributed by atoms with E-state index < -0.39 is 31.2 Å². The highest BCUT2D eigenvalue weighted by Gasteiger charge is 2.50. The minimum absolute atomic E-state index is 0.00562. The van der Waals surface area contributed by atoms with E-state index in [1.165, 1.54) is 0 Å². The molecule has 4 fully saturated rings. The molecule has 0 spiro atoms. The molecule has 5 heterocycles. The largest absolute Gasteiger partial charge is 0.468 e. The van der Waals surface area contributed by atoms with Gasteiger partial charge in [0.25, 0.3) is 0 Å². The van der Waals surface area contributed by atoms with Crippen molar-refractivity contribution < 1.29 is 32.5 Å². The van der Waals surface area contributed by atoms with Crippen LogP contribution in [0.4, 0.5) is 19.4 Å². The quantitative estimate of drug-likeness (QED) is 0.0829. The van der Waals surface area contributed by atoms with Crippen molar-refractivity contribution in [2.75, 3.05) is 51.6 Å². The second-order valence-corrected chi connectivity index (χ2v) is 26.4. The number of methoxy groups -OCH3 is 1. The smallest absolute Gasteiger partial charge is 0.410 e. The van der Waals surface area contributed by atoms with Crippen molar-refractivity contribution in [2.45, 2.75) is 140 Å². The molecule has 2 unspecified atom stereocenters. The van der Waals surface area contributed by atoms with Crippen molar-refractivity contribution in [3.63, 3.8) is 0 Å². The van der Waals surface area contributed by atoms with Gasteiger partial charge in [-0.25, -0.2) is 13.6 Å². The molecule has 0 aliphatic carbocycles. The molecule has 1 amide bonds. The Hall–Kier alpha value is -4.22. The van der Waals surface area contributed by atoms with Crippen molar-refractivity contribution in [1.29, 1.82) is 0 Å². The van der Waals surface area contributed by atoms with E-state index in [-0.39, 0.29) is 53.7 Å². The van der Waals surface area contributed by atoms with Crippen molar-refractivity contribution in [3.05, 3.63) is 52.8 Å². The third-order valence-corrected chi connectivity index (χ3v) is 20.9. The number of halogens is 3. The lowest BCUT2D eigenvalue weighted by molar-refractivity contribution is 0.0122. The van der Waals surface area contributed by atoms with Gasteiger partial charge in [0.1, 0.15) is 43.5 Å². The van der Waals surface area contributed by atoms with E-state index in [2.05, 4.69) is 62.8 Å². The number of hydrogen-bond donors (Lipinski definition) is 0. The van der Waals surface area contributed by atoms with Crippen LogP contribution in [0.5, 0.6) is 11.8 Å². The molecule has 10 nitrogen and oxygen atoms in total. The number of piperazine rings is 1. The van der Waals surface area contributed by atoms with E-state index in [1.807, 2.05) is 49.9 Å². The topological polar surface area (TPSA) is 89.5 Å². The highest BCUT2D eigenvalue weighted by atomic mass is 35.5. The number of anilines is 1. The van der Waals surface area contributed by atoms with E-state index in [9.17, 15) is 9.18 Å². The lowest BCUT2D eigenvalue weighted by atomic mass is 9.93. The SMILES string of the molecule is COCOc1cc(-c2c(Cl)cc3c(N4CC5CCC(C4)N5C(=O)OC(C)(C)C)nc(OC[C@@]45CCCN4C[C@H](F)C5)nc3c2F)c2c(C#C[Si](C(C)C)(C(C)C)C(C)C)cccc2c1. The zero-order valence-corrected chi connectivity index (χ0v) is 40.9. The Labute approximate surface area is 383 Å². The molecule has 64 heavy (non-hydrogen) atoms. The number of carbonyl (C=O) groups excluding carboxylic acids is 1. The van der Waals surface area contributed by atoms with Crippen molar-refractivity contribution in [2.24, 2.45) is 0 Å². The number of rotatable bonds is 11. The maximum absolute atomic E-state index is 18.1. The Balaban J connectivity index is 1.29. The maximum atomic E-state index is 18.1. The van der Waals surface area contributed by atoms with Crippen molar-refractivity contribution in [3.8, 4) is 34.4 Å². The molecule has 4 saturated heterocycles. The fraction of sp³-hybridized carbons (Fsp3) is 0.580. The van der Waals surface area contributed by atoms with Crippen LogP contribution < -0.4 is 14.4 Å². The molecule has 2 bridgehead atoms. The van der Waals surface area contributed by atoms with Gasteiger partial charge >= 0.3 is 12.1 Å². The molecule has 14 heteroatoms. The van der Waals surface area contributed by atoms with E-state index in [4.69, 9.17) is 40.5 Å². The zero-order valence-electron chi connectivity index (χ0n) is 39.1. The molecular formula is C50H64ClF2N5O5Si. The van der Waals surface area contributed by atoms with Gasteiger partial charge in [0.2, 0.25) is 0 Å². The lowest BCUT2D eigenvalue weighted by Gasteiger charge is -2.42. The molecule has 0 saturated carbocycles. The highest BCUT2D eigenvalue weighted by Crippen LogP contribution is 2.46. The monoisotopic (exact) mass is 915 g/mol. The molecule has 4 atom stereocenters. The van der Waals surface area contributed by atoms with Crippen LogP contribution in [0.25, 0.3) is 32.8 Å². The van der Waals surface area contributed by atoms with Gasteiger partial charge in [0.15, 0.2) is 12.6 Å². The summed E-state index contributed by atoms with van der Waals surface area (Å²) in [6.07, 6.45) is 2.43. The number of nitrogens with zero attached hydrogens (tertiary/aromatic N) is 5. The van der Waals surface area contributed by atoms with Gasteiger partial charge in [0.05, 0.1) is 22.6 Å². The summed E-state index contributed by atoms with van der Waals surface area (Å²) in [5.41, 5.74) is 5.49. The van der Waals surface area contributed by atoms with Crippen LogP contribution >= 0.6 is 11.6 Å². The molecule has 0 N–H and O–H groups in total. The van der Waals surface area contributed by atoms with Crippen LogP contribution in [0.15, 0.2) is 36.4 Å². The van der Waals surface area contributed by atoms with Crippen LogP contribution in [0.3, 0.4) is 0 Å². The first-order valence-electron chi connectivity index (χ1n) is 23.1. The van der Waals surface area contributed by atoms with Crippen molar-refractivity contribution in [1.82, 2.24) is 19.8 Å². The number of alkyl halides is 1. The van der Waals surface area contributed by atoms with E-state index >= 15 is 4.39 Å². The Bertz CT molecular complexity index is 2450. The number of benzene rings is 3. The molecule has 3 aromatic carbocycles. The lowest BCUT2D eigenvalue weighted by Crippen LogP contribution is -2.57. The summed E-state index contributed by atoms with van der Waals surface area (Å²) < 4.78 is 56.6. The molecule has 4 aliphatic heterocycles. The van der Waals surface area contributed by atoms with E-state index in [0.717, 1.165) is 48.6 Å². The van der Waals surface area contributed by atoms with Crippen LogP contribution in [0, 0.1) is 17.3 Å². The molecule has 1 aromatic heterocycles. The maximum Gasteiger partial charge on any atom is 0.410 e. The summed E-state index contributed by atoms with van der Waals surface area (Å²) in [6.45, 7) is 21.6. The Kier molecular flexibility index (Phi) is 12.9. The molecule has 344 valence electrons. The van der Waals surface area contributed by atoms with E-state index in [0.29, 0.717) is 65.2 Å². The molecule has 0 radical (unpaired) electrons. The van der Waals surface area contributed by atoms with Crippen LogP contribution in [0.2, 0.25) is 21.6 Å². The van der Waals surface area contributed by atoms with Gasteiger partial charge in [-0.05, 0) is 105 Å². The third-order valence-electron chi connectivity index (χ3n) is 14.3. The number of ether oxygens (including phenoxy) is 4. The Morgan fingerprint density at radius 2 is 1.70 bits per heavy atom. The first-order chi connectivity index (χ1) is 30.4. The predicted molar refractivity (Wildman–Crippen MR) is 254 cm³/mol. The average molecular weight is 917 g/mol. The average Bonchev–Trinajstić information content (AvgIpc) is 3.84. The summed E-state index contributed by atoms with van der Waals surface area (Å²) in [7, 11) is -0.606. The van der Waals surface area contributed by atoms with Crippen LogP contribution in [0.1, 0.15) is 100.0 Å². The number of hydrogen-bond acceptors (Lipinski definition) is 9. The van der Waals surface area contributed by atoms with E-state index in [1.54, 1.807) is 19.2 Å². The summed E-state index contributed by atoms with van der Waals surface area (Å²) >= 11 is 7.34. The Morgan fingerprint density at radius 3 is 2.36 bits per heavy atom. The summed E-state index contributed by atoms with van der Waals surface area (Å²) in [4.78, 5) is 29.4. The van der Waals surface area contributed by atoms with Gasteiger partial charge in [-0.1, -0.05) is 71.2 Å². The molecule has 8 rings (SSSR count). The fourth-order valence-electron chi connectivity index (χ4n) is 11.6. The molecule has 4 aliphatic rings. The Morgan fingerprint density at radius 1 is 1.00 bits per heavy atom. The summed E-state index contributed by atoms with van der Waals surface area (Å²) in [6, 6.07) is 11.1. The second-order valence-electron chi connectivity index (χ2n) is 20.4. The van der Waals surface area contributed by atoms with Crippen molar-refractivity contribution >= 4 is 53.3 Å². The van der Waals surface area contributed by atoms with Crippen LogP contribution in [-0.2, 0) is 9.47 Å². The predicted octanol–water partition coefficient (Wildman–Crippen LogP) is 11.3. The third kappa shape index (κ3) is 8.53. The summed E-state index contributed by atoms with van der Waals surface area (Å²) in [5.74, 6) is 3.95. The minimum Gasteiger partial charge on any atom is -0.468 e. The first-order valence-corrected chi connectivity index (χ1v) is 25.7. The van der Waals surface area contributed by atoms with Gasteiger partial charge in [0, 0.05) is 55.1 Å². The number of aromatic nitrogens is 2. The standard InChI is InChI=1S/C50H64ClF2N5O5Si/c1-30(2)64(31(3)4,32(5)6)20-17-33-13-11-14-34-21-38(62-29-60-10)22-39(42(33)34)43-41(51)23-40-45(44(43)53)54-47(61-28-50-18-12-19-57(50)25-35(52)24-50)55-46(40)56-26-36-15-16-37(27-56)58(36)48(59)63-49(7,8)9/h11,13-14,21-23,30-32,35-37H,12,15-16,18-19,24-29H2,1-10H3/t35-,36?,37?,50+/m1/s1. The van der Waals surface area contributed by atoms with Gasteiger partial charge in [-0.3, -0.25) is 9.80 Å².